The summed E-state index contributed by atoms with van der Waals surface area (Å²) in [7, 11) is 0. The Balaban J connectivity index is 1.84. The van der Waals surface area contributed by atoms with Gasteiger partial charge in [0.05, 0.1) is 23.9 Å². The van der Waals surface area contributed by atoms with Crippen molar-refractivity contribution in [1.82, 2.24) is 9.78 Å². The second-order valence-electron chi connectivity index (χ2n) is 6.26. The van der Waals surface area contributed by atoms with Crippen molar-refractivity contribution in [3.63, 3.8) is 0 Å². The molecule has 3 heterocycles. The van der Waals surface area contributed by atoms with Crippen LogP contribution in [0, 0.1) is 0 Å². The number of aromatic nitrogens is 2. The summed E-state index contributed by atoms with van der Waals surface area (Å²) in [5.74, 6) is 1.77. The number of rotatable bonds is 4. The molecule has 1 aromatic heterocycles. The van der Waals surface area contributed by atoms with Crippen molar-refractivity contribution in [2.45, 2.75) is 77.0 Å². The smallest absolute Gasteiger partial charge is 0.124 e. The molecule has 0 amide bonds. The van der Waals surface area contributed by atoms with E-state index in [-0.39, 0.29) is 0 Å². The molecule has 0 bridgehead atoms. The van der Waals surface area contributed by atoms with Crippen molar-refractivity contribution < 1.29 is 4.74 Å². The van der Waals surface area contributed by atoms with E-state index in [0.29, 0.717) is 24.2 Å². The molecule has 2 aliphatic rings. The van der Waals surface area contributed by atoms with E-state index in [1.165, 1.54) is 24.4 Å². The minimum absolute atomic E-state index is 0.348. The second kappa shape index (κ2) is 5.76. The van der Waals surface area contributed by atoms with Crippen LogP contribution >= 0.6 is 0 Å². The first kappa shape index (κ1) is 13.9. The molecule has 1 fully saturated rings. The SMILES string of the molecule is CCC(CC)c1cc2n(n1)C(C1CCC(C)O1)CCN2. The van der Waals surface area contributed by atoms with E-state index in [4.69, 9.17) is 9.84 Å². The van der Waals surface area contributed by atoms with Crippen molar-refractivity contribution in [3.05, 3.63) is 11.8 Å². The normalized spacial score (nSPS) is 29.5. The zero-order valence-corrected chi connectivity index (χ0v) is 12.9. The van der Waals surface area contributed by atoms with Gasteiger partial charge in [0.2, 0.25) is 0 Å². The van der Waals surface area contributed by atoms with Crippen LogP contribution in [-0.2, 0) is 4.74 Å². The van der Waals surface area contributed by atoms with Gasteiger partial charge >= 0.3 is 0 Å². The van der Waals surface area contributed by atoms with Crippen molar-refractivity contribution in [1.29, 1.82) is 0 Å². The summed E-state index contributed by atoms with van der Waals surface area (Å²) in [6, 6.07) is 2.67. The molecule has 1 N–H and O–H groups in total. The van der Waals surface area contributed by atoms with Crippen LogP contribution in [0.15, 0.2) is 6.07 Å². The highest BCUT2D eigenvalue weighted by atomic mass is 16.5. The van der Waals surface area contributed by atoms with Gasteiger partial charge in [0.1, 0.15) is 5.82 Å². The average Bonchev–Trinajstić information content (AvgIpc) is 3.05. The predicted octanol–water partition coefficient (Wildman–Crippen LogP) is 3.71. The molecular weight excluding hydrogens is 250 g/mol. The van der Waals surface area contributed by atoms with Crippen molar-refractivity contribution in [3.8, 4) is 0 Å². The molecule has 0 aromatic carbocycles. The van der Waals surface area contributed by atoms with Crippen LogP contribution in [0.5, 0.6) is 0 Å². The van der Waals surface area contributed by atoms with Crippen molar-refractivity contribution in [2.24, 2.45) is 0 Å². The molecule has 20 heavy (non-hydrogen) atoms. The Bertz CT molecular complexity index is 453. The third-order valence-corrected chi connectivity index (χ3v) is 4.91. The Morgan fingerprint density at radius 3 is 2.80 bits per heavy atom. The molecule has 3 atom stereocenters. The third kappa shape index (κ3) is 2.46. The van der Waals surface area contributed by atoms with Crippen LogP contribution in [0.2, 0.25) is 0 Å². The first-order chi connectivity index (χ1) is 9.72. The van der Waals surface area contributed by atoms with Gasteiger partial charge in [-0.05, 0) is 39.0 Å². The number of fused-ring (bicyclic) bond motifs is 1. The van der Waals surface area contributed by atoms with E-state index < -0.39 is 0 Å². The largest absolute Gasteiger partial charge is 0.373 e. The van der Waals surface area contributed by atoms with Crippen LogP contribution in [0.4, 0.5) is 5.82 Å². The number of hydrogen-bond donors (Lipinski definition) is 1. The number of hydrogen-bond acceptors (Lipinski definition) is 3. The lowest BCUT2D eigenvalue weighted by atomic mass is 10.00. The third-order valence-electron chi connectivity index (χ3n) is 4.91. The van der Waals surface area contributed by atoms with E-state index >= 15 is 0 Å². The predicted molar refractivity (Wildman–Crippen MR) is 81.3 cm³/mol. The van der Waals surface area contributed by atoms with Gasteiger partial charge < -0.3 is 10.1 Å². The van der Waals surface area contributed by atoms with E-state index in [1.807, 2.05) is 0 Å². The summed E-state index contributed by atoms with van der Waals surface area (Å²) in [6.45, 7) is 7.71. The summed E-state index contributed by atoms with van der Waals surface area (Å²) in [4.78, 5) is 0. The zero-order valence-electron chi connectivity index (χ0n) is 12.9. The minimum atomic E-state index is 0.348. The van der Waals surface area contributed by atoms with E-state index in [0.717, 1.165) is 25.8 Å². The maximum absolute atomic E-state index is 6.09. The molecule has 0 aliphatic carbocycles. The molecule has 112 valence electrons. The van der Waals surface area contributed by atoms with Crippen LogP contribution < -0.4 is 5.32 Å². The zero-order chi connectivity index (χ0) is 14.1. The molecule has 0 radical (unpaired) electrons. The summed E-state index contributed by atoms with van der Waals surface area (Å²) in [6.07, 6.45) is 6.56. The van der Waals surface area contributed by atoms with Gasteiger partial charge in [0, 0.05) is 18.5 Å². The van der Waals surface area contributed by atoms with E-state index in [1.54, 1.807) is 0 Å². The van der Waals surface area contributed by atoms with Gasteiger partial charge in [-0.2, -0.15) is 5.10 Å². The fourth-order valence-electron chi connectivity index (χ4n) is 3.63. The number of anilines is 1. The van der Waals surface area contributed by atoms with Gasteiger partial charge in [0.25, 0.3) is 0 Å². The summed E-state index contributed by atoms with van der Waals surface area (Å²) in [5, 5.41) is 8.41. The Kier molecular flexibility index (Phi) is 4.01. The van der Waals surface area contributed by atoms with Crippen LogP contribution in [0.3, 0.4) is 0 Å². The Morgan fingerprint density at radius 2 is 2.15 bits per heavy atom. The second-order valence-corrected chi connectivity index (χ2v) is 6.26. The van der Waals surface area contributed by atoms with E-state index in [9.17, 15) is 0 Å². The first-order valence-corrected chi connectivity index (χ1v) is 8.21. The highest BCUT2D eigenvalue weighted by Gasteiger charge is 2.34. The molecule has 0 saturated carbocycles. The minimum Gasteiger partial charge on any atom is -0.373 e. The fourth-order valence-corrected chi connectivity index (χ4v) is 3.63. The molecule has 4 nitrogen and oxygen atoms in total. The Labute approximate surface area is 121 Å². The van der Waals surface area contributed by atoms with Gasteiger partial charge in [-0.25, -0.2) is 4.68 Å². The highest BCUT2D eigenvalue weighted by Crippen LogP contribution is 2.36. The molecule has 3 unspecified atom stereocenters. The molecule has 1 saturated heterocycles. The average molecular weight is 277 g/mol. The molecule has 3 rings (SSSR count). The van der Waals surface area contributed by atoms with Gasteiger partial charge in [-0.15, -0.1) is 0 Å². The van der Waals surface area contributed by atoms with Crippen LogP contribution in [-0.4, -0.2) is 28.5 Å². The van der Waals surface area contributed by atoms with Gasteiger partial charge in [0.15, 0.2) is 0 Å². The number of nitrogens with zero attached hydrogens (tertiary/aromatic N) is 2. The fraction of sp³-hybridized carbons (Fsp3) is 0.812. The van der Waals surface area contributed by atoms with Crippen LogP contribution in [0.25, 0.3) is 0 Å². The van der Waals surface area contributed by atoms with E-state index in [2.05, 4.69) is 36.8 Å². The quantitative estimate of drug-likeness (QED) is 0.912. The maximum atomic E-state index is 6.09. The lowest BCUT2D eigenvalue weighted by Crippen LogP contribution is -2.32. The molecular formula is C16H27N3O. The first-order valence-electron chi connectivity index (χ1n) is 8.21. The number of ether oxygens (including phenoxy) is 1. The highest BCUT2D eigenvalue weighted by molar-refractivity contribution is 5.40. The topological polar surface area (TPSA) is 39.1 Å². The molecule has 4 heteroatoms. The monoisotopic (exact) mass is 277 g/mol. The molecule has 0 spiro atoms. The van der Waals surface area contributed by atoms with Crippen LogP contribution in [0.1, 0.15) is 70.5 Å². The van der Waals surface area contributed by atoms with Gasteiger partial charge in [-0.3, -0.25) is 0 Å². The summed E-state index contributed by atoms with van der Waals surface area (Å²) in [5.41, 5.74) is 1.25. The Hall–Kier alpha value is -1.03. The maximum Gasteiger partial charge on any atom is 0.124 e. The lowest BCUT2D eigenvalue weighted by molar-refractivity contribution is 0.0172. The van der Waals surface area contributed by atoms with Crippen molar-refractivity contribution >= 4 is 5.82 Å². The number of nitrogens with one attached hydrogen (secondary N) is 1. The lowest BCUT2D eigenvalue weighted by Gasteiger charge is -2.30. The Morgan fingerprint density at radius 1 is 1.35 bits per heavy atom. The van der Waals surface area contributed by atoms with Gasteiger partial charge in [-0.1, -0.05) is 13.8 Å². The molecule has 2 aliphatic heterocycles. The standard InChI is InChI=1S/C16H27N3O/c1-4-12(5-2)13-10-16-17-9-8-14(19(16)18-13)15-7-6-11(3)20-15/h10-12,14-15,17H,4-9H2,1-3H3. The molecule has 1 aromatic rings. The van der Waals surface area contributed by atoms with Crippen molar-refractivity contribution in [2.75, 3.05) is 11.9 Å². The summed E-state index contributed by atoms with van der Waals surface area (Å²) < 4.78 is 8.30. The summed E-state index contributed by atoms with van der Waals surface area (Å²) >= 11 is 0.